The Hall–Kier alpha value is -1.30. The fourth-order valence-electron chi connectivity index (χ4n) is 2.28. The number of hydrogen-bond donors (Lipinski definition) is 2. The van der Waals surface area contributed by atoms with Gasteiger partial charge in [0.25, 0.3) is 0 Å². The number of nitrogens with zero attached hydrogens (tertiary/aromatic N) is 2. The molecule has 110 valence electrons. The molecule has 6 heteroatoms. The molecule has 0 spiro atoms. The molecular formula is C13H24N2O4. The van der Waals surface area contributed by atoms with Gasteiger partial charge >= 0.3 is 12.0 Å². The van der Waals surface area contributed by atoms with Gasteiger partial charge in [-0.2, -0.15) is 0 Å². The van der Waals surface area contributed by atoms with E-state index in [9.17, 15) is 14.7 Å². The molecule has 1 rings (SSSR count). The molecule has 2 N–H and O–H groups in total. The van der Waals surface area contributed by atoms with Crippen LogP contribution in [0.2, 0.25) is 0 Å². The quantitative estimate of drug-likeness (QED) is 0.804. The number of urea groups is 1. The van der Waals surface area contributed by atoms with Crippen LogP contribution in [0, 0.1) is 0 Å². The van der Waals surface area contributed by atoms with E-state index < -0.39 is 11.5 Å². The van der Waals surface area contributed by atoms with E-state index in [1.54, 1.807) is 4.90 Å². The molecule has 0 aromatic heterocycles. The van der Waals surface area contributed by atoms with Gasteiger partial charge in [-0.05, 0) is 39.5 Å². The first-order chi connectivity index (χ1) is 8.82. The van der Waals surface area contributed by atoms with Gasteiger partial charge in [-0.25, -0.2) is 9.59 Å². The van der Waals surface area contributed by atoms with Crippen molar-refractivity contribution in [3.8, 4) is 0 Å². The third-order valence-corrected chi connectivity index (χ3v) is 3.98. The van der Waals surface area contributed by atoms with E-state index in [1.807, 2.05) is 0 Å². The van der Waals surface area contributed by atoms with Crippen LogP contribution in [0.15, 0.2) is 0 Å². The molecule has 1 saturated heterocycles. The third-order valence-electron chi connectivity index (χ3n) is 3.98. The molecule has 1 aliphatic rings. The van der Waals surface area contributed by atoms with Crippen LogP contribution in [0.3, 0.4) is 0 Å². The lowest BCUT2D eigenvalue weighted by Crippen LogP contribution is -2.58. The van der Waals surface area contributed by atoms with Crippen molar-refractivity contribution in [1.29, 1.82) is 0 Å². The van der Waals surface area contributed by atoms with Crippen LogP contribution in [0.4, 0.5) is 4.79 Å². The highest BCUT2D eigenvalue weighted by atomic mass is 16.4. The highest BCUT2D eigenvalue weighted by molar-refractivity contribution is 5.85. The van der Waals surface area contributed by atoms with Gasteiger partial charge in [0.2, 0.25) is 0 Å². The van der Waals surface area contributed by atoms with Gasteiger partial charge in [0.1, 0.15) is 5.54 Å². The Kier molecular flexibility index (Phi) is 5.17. The number of aliphatic carboxylic acids is 1. The number of carbonyl (C=O) groups excluding carboxylic acids is 1. The van der Waals surface area contributed by atoms with E-state index in [0.29, 0.717) is 13.0 Å². The average Bonchev–Trinajstić information content (AvgIpc) is 2.38. The first-order valence-corrected chi connectivity index (χ1v) is 6.71. The number of amides is 2. The lowest BCUT2D eigenvalue weighted by Gasteiger charge is -2.41. The maximum Gasteiger partial charge on any atom is 0.329 e. The predicted molar refractivity (Wildman–Crippen MR) is 70.9 cm³/mol. The fraction of sp³-hybridized carbons (Fsp3) is 0.846. The first kappa shape index (κ1) is 15.8. The first-order valence-electron chi connectivity index (χ1n) is 6.71. The summed E-state index contributed by atoms with van der Waals surface area (Å²) >= 11 is 0. The van der Waals surface area contributed by atoms with Gasteiger partial charge in [0, 0.05) is 26.2 Å². The Morgan fingerprint density at radius 1 is 1.37 bits per heavy atom. The zero-order chi connectivity index (χ0) is 14.6. The summed E-state index contributed by atoms with van der Waals surface area (Å²) in [4.78, 5) is 26.6. The molecule has 0 saturated carbocycles. The number of carbonyl (C=O) groups is 2. The van der Waals surface area contributed by atoms with Crippen molar-refractivity contribution in [2.24, 2.45) is 0 Å². The Labute approximate surface area is 114 Å². The molecule has 0 radical (unpaired) electrons. The van der Waals surface area contributed by atoms with Crippen LogP contribution in [0.5, 0.6) is 0 Å². The smallest absolute Gasteiger partial charge is 0.329 e. The van der Waals surface area contributed by atoms with Crippen molar-refractivity contribution < 1.29 is 19.8 Å². The number of carboxylic acids is 1. The van der Waals surface area contributed by atoms with Crippen LogP contribution in [0.1, 0.15) is 39.5 Å². The number of aliphatic hydroxyl groups is 1. The number of likely N-dealkylation sites (tertiary alicyclic amines) is 1. The molecule has 1 atom stereocenters. The van der Waals surface area contributed by atoms with Crippen molar-refractivity contribution in [2.75, 3.05) is 20.2 Å². The zero-order valence-corrected chi connectivity index (χ0v) is 11.9. The number of hydrogen-bond acceptors (Lipinski definition) is 3. The van der Waals surface area contributed by atoms with Crippen molar-refractivity contribution in [3.63, 3.8) is 0 Å². The van der Waals surface area contributed by atoms with Gasteiger partial charge < -0.3 is 20.0 Å². The highest BCUT2D eigenvalue weighted by Crippen LogP contribution is 2.23. The molecule has 0 bridgehead atoms. The number of likely N-dealkylation sites (N-methyl/N-ethyl adjacent to an activating group) is 1. The standard InChI is InChI=1S/C13H24N2O4/c1-13(2,11(17)18)14(3)12(19)15-8-5-4-6-10(15)7-9-16/h10,16H,4-9H2,1-3H3,(H,17,18). The summed E-state index contributed by atoms with van der Waals surface area (Å²) in [7, 11) is 1.51. The second-order valence-electron chi connectivity index (χ2n) is 5.56. The maximum absolute atomic E-state index is 12.4. The molecule has 1 unspecified atom stereocenters. The summed E-state index contributed by atoms with van der Waals surface area (Å²) in [5.74, 6) is -1.03. The van der Waals surface area contributed by atoms with Crippen LogP contribution in [0.25, 0.3) is 0 Å². The van der Waals surface area contributed by atoms with Crippen molar-refractivity contribution in [1.82, 2.24) is 9.80 Å². The molecule has 19 heavy (non-hydrogen) atoms. The summed E-state index contributed by atoms with van der Waals surface area (Å²) < 4.78 is 0. The molecule has 6 nitrogen and oxygen atoms in total. The van der Waals surface area contributed by atoms with E-state index in [2.05, 4.69) is 0 Å². The Balaban J connectivity index is 2.82. The lowest BCUT2D eigenvalue weighted by atomic mass is 9.99. The Morgan fingerprint density at radius 2 is 2.00 bits per heavy atom. The van der Waals surface area contributed by atoms with Gasteiger partial charge in [0.15, 0.2) is 0 Å². The molecular weight excluding hydrogens is 248 g/mol. The second-order valence-corrected chi connectivity index (χ2v) is 5.56. The fourth-order valence-corrected chi connectivity index (χ4v) is 2.28. The lowest BCUT2D eigenvalue weighted by molar-refractivity contribution is -0.147. The van der Waals surface area contributed by atoms with E-state index in [0.717, 1.165) is 19.3 Å². The van der Waals surface area contributed by atoms with E-state index in [4.69, 9.17) is 5.11 Å². The molecule has 0 aromatic rings. The summed E-state index contributed by atoms with van der Waals surface area (Å²) in [6.07, 6.45) is 3.39. The van der Waals surface area contributed by atoms with Crippen molar-refractivity contribution >= 4 is 12.0 Å². The topological polar surface area (TPSA) is 81.1 Å². The molecule has 1 fully saturated rings. The van der Waals surface area contributed by atoms with Crippen LogP contribution >= 0.6 is 0 Å². The van der Waals surface area contributed by atoms with E-state index in [-0.39, 0.29) is 18.7 Å². The highest BCUT2D eigenvalue weighted by Gasteiger charge is 2.39. The van der Waals surface area contributed by atoms with Crippen molar-refractivity contribution in [2.45, 2.75) is 51.1 Å². The maximum atomic E-state index is 12.4. The monoisotopic (exact) mass is 272 g/mol. The summed E-state index contributed by atoms with van der Waals surface area (Å²) in [5, 5.41) is 18.2. The van der Waals surface area contributed by atoms with Crippen LogP contribution in [-0.2, 0) is 4.79 Å². The second kappa shape index (κ2) is 6.23. The van der Waals surface area contributed by atoms with Crippen LogP contribution in [-0.4, -0.2) is 63.8 Å². The summed E-state index contributed by atoms with van der Waals surface area (Å²) in [6, 6.07) is -0.260. The third kappa shape index (κ3) is 3.37. The minimum absolute atomic E-state index is 0.0123. The number of rotatable bonds is 4. The van der Waals surface area contributed by atoms with Gasteiger partial charge in [-0.1, -0.05) is 0 Å². The largest absolute Gasteiger partial charge is 0.480 e. The SMILES string of the molecule is CN(C(=O)N1CCCCC1CCO)C(C)(C)C(=O)O. The minimum atomic E-state index is -1.24. The zero-order valence-electron chi connectivity index (χ0n) is 11.9. The normalized spacial score (nSPS) is 20.2. The molecule has 1 aliphatic heterocycles. The number of piperidine rings is 1. The average molecular weight is 272 g/mol. The Morgan fingerprint density at radius 3 is 2.53 bits per heavy atom. The van der Waals surface area contributed by atoms with E-state index in [1.165, 1.54) is 25.8 Å². The summed E-state index contributed by atoms with van der Waals surface area (Å²) in [5.41, 5.74) is -1.24. The minimum Gasteiger partial charge on any atom is -0.480 e. The number of carboxylic acid groups (broad SMARTS) is 1. The van der Waals surface area contributed by atoms with E-state index >= 15 is 0 Å². The predicted octanol–water partition coefficient (Wildman–Crippen LogP) is 1.14. The number of aliphatic hydroxyl groups excluding tert-OH is 1. The Bertz CT molecular complexity index is 342. The van der Waals surface area contributed by atoms with Crippen molar-refractivity contribution in [3.05, 3.63) is 0 Å². The molecule has 0 aromatic carbocycles. The van der Waals surface area contributed by atoms with Crippen LogP contribution < -0.4 is 0 Å². The summed E-state index contributed by atoms with van der Waals surface area (Å²) in [6.45, 7) is 3.69. The molecule has 0 aliphatic carbocycles. The van der Waals surface area contributed by atoms with Gasteiger partial charge in [-0.15, -0.1) is 0 Å². The van der Waals surface area contributed by atoms with Gasteiger partial charge in [0.05, 0.1) is 0 Å². The molecule has 2 amide bonds. The van der Waals surface area contributed by atoms with Gasteiger partial charge in [-0.3, -0.25) is 0 Å². The molecule has 1 heterocycles.